The molecule has 1 unspecified atom stereocenters. The highest BCUT2D eigenvalue weighted by Crippen LogP contribution is 2.13. The zero-order valence-electron chi connectivity index (χ0n) is 10.1. The molecule has 2 N–H and O–H groups in total. The Balaban J connectivity index is 2.13. The molecule has 5 heteroatoms. The van der Waals surface area contributed by atoms with E-state index in [4.69, 9.17) is 0 Å². The highest BCUT2D eigenvalue weighted by Gasteiger charge is 2.15. The van der Waals surface area contributed by atoms with Gasteiger partial charge in [0.25, 0.3) is 5.91 Å². The van der Waals surface area contributed by atoms with E-state index in [0.29, 0.717) is 10.3 Å². The predicted octanol–water partition coefficient (Wildman–Crippen LogP) is 2.31. The summed E-state index contributed by atoms with van der Waals surface area (Å²) < 4.78 is 0.598. The molecule has 98 valence electrons. The van der Waals surface area contributed by atoms with E-state index < -0.39 is 6.04 Å². The van der Waals surface area contributed by atoms with Gasteiger partial charge in [-0.15, -0.1) is 0 Å². The molecule has 0 aliphatic carbocycles. The summed E-state index contributed by atoms with van der Waals surface area (Å²) in [6.07, 6.45) is 0. The minimum Gasteiger partial charge on any atom is -0.394 e. The molecule has 0 bridgehead atoms. The second-order valence-electron chi connectivity index (χ2n) is 3.96. The quantitative estimate of drug-likeness (QED) is 0.850. The van der Waals surface area contributed by atoms with E-state index in [1.807, 2.05) is 30.3 Å². The normalized spacial score (nSPS) is 11.9. The van der Waals surface area contributed by atoms with Crippen LogP contribution in [-0.4, -0.2) is 22.6 Å². The van der Waals surface area contributed by atoms with E-state index in [2.05, 4.69) is 26.2 Å². The van der Waals surface area contributed by atoms with Gasteiger partial charge >= 0.3 is 0 Å². The van der Waals surface area contributed by atoms with Gasteiger partial charge in [-0.05, 0) is 33.6 Å². The van der Waals surface area contributed by atoms with Crippen LogP contribution in [0.25, 0.3) is 0 Å². The Morgan fingerprint density at radius 1 is 1.21 bits per heavy atom. The number of halogens is 1. The monoisotopic (exact) mass is 320 g/mol. The lowest BCUT2D eigenvalue weighted by Gasteiger charge is -2.16. The van der Waals surface area contributed by atoms with Crippen LogP contribution in [0.3, 0.4) is 0 Å². The summed E-state index contributed by atoms with van der Waals surface area (Å²) in [4.78, 5) is 16.1. The first kappa shape index (κ1) is 13.7. The van der Waals surface area contributed by atoms with Crippen LogP contribution in [0.5, 0.6) is 0 Å². The third-order valence-electron chi connectivity index (χ3n) is 2.64. The number of amides is 1. The molecule has 2 rings (SSSR count). The number of pyridine rings is 1. The summed E-state index contributed by atoms with van der Waals surface area (Å²) in [6, 6.07) is 14.0. The molecule has 0 saturated heterocycles. The first-order chi connectivity index (χ1) is 9.20. The zero-order valence-corrected chi connectivity index (χ0v) is 11.7. The molecule has 0 radical (unpaired) electrons. The predicted molar refractivity (Wildman–Crippen MR) is 75.7 cm³/mol. The Morgan fingerprint density at radius 3 is 2.58 bits per heavy atom. The second-order valence-corrected chi connectivity index (χ2v) is 4.78. The number of aliphatic hydroxyl groups excluding tert-OH is 1. The summed E-state index contributed by atoms with van der Waals surface area (Å²) in [6.45, 7) is -0.163. The molecule has 1 heterocycles. The van der Waals surface area contributed by atoms with Gasteiger partial charge in [0.2, 0.25) is 0 Å². The molecule has 0 saturated carbocycles. The van der Waals surface area contributed by atoms with E-state index in [9.17, 15) is 9.90 Å². The summed E-state index contributed by atoms with van der Waals surface area (Å²) in [7, 11) is 0. The zero-order chi connectivity index (χ0) is 13.7. The first-order valence-electron chi connectivity index (χ1n) is 5.80. The largest absolute Gasteiger partial charge is 0.394 e. The van der Waals surface area contributed by atoms with Crippen molar-refractivity contribution in [1.29, 1.82) is 0 Å². The van der Waals surface area contributed by atoms with Gasteiger partial charge in [0.05, 0.1) is 12.6 Å². The van der Waals surface area contributed by atoms with Crippen LogP contribution in [-0.2, 0) is 0 Å². The van der Waals surface area contributed by atoms with Gasteiger partial charge < -0.3 is 10.4 Å². The molecule has 4 nitrogen and oxygen atoms in total. The van der Waals surface area contributed by atoms with Gasteiger partial charge in [-0.1, -0.05) is 36.4 Å². The minimum absolute atomic E-state index is 0.163. The topological polar surface area (TPSA) is 62.2 Å². The molecular formula is C14H13BrN2O2. The number of benzene rings is 1. The maximum absolute atomic E-state index is 12.0. The molecule has 1 atom stereocenters. The fourth-order valence-corrected chi connectivity index (χ4v) is 2.03. The molecule has 1 aromatic heterocycles. The van der Waals surface area contributed by atoms with E-state index in [1.54, 1.807) is 18.2 Å². The smallest absolute Gasteiger partial charge is 0.270 e. The van der Waals surface area contributed by atoms with Gasteiger partial charge in [0.1, 0.15) is 10.3 Å². The molecule has 0 aliphatic rings. The third kappa shape index (κ3) is 3.62. The Labute approximate surface area is 119 Å². The Bertz CT molecular complexity index is 560. The van der Waals surface area contributed by atoms with Gasteiger partial charge in [-0.3, -0.25) is 4.79 Å². The van der Waals surface area contributed by atoms with E-state index in [-0.39, 0.29) is 12.5 Å². The highest BCUT2D eigenvalue weighted by molar-refractivity contribution is 9.10. The molecule has 0 aliphatic heterocycles. The highest BCUT2D eigenvalue weighted by atomic mass is 79.9. The van der Waals surface area contributed by atoms with Crippen LogP contribution in [0.4, 0.5) is 0 Å². The molecular weight excluding hydrogens is 308 g/mol. The first-order valence-corrected chi connectivity index (χ1v) is 6.59. The number of hydrogen-bond donors (Lipinski definition) is 2. The van der Waals surface area contributed by atoms with Crippen LogP contribution >= 0.6 is 15.9 Å². The number of carbonyl (C=O) groups is 1. The van der Waals surface area contributed by atoms with Gasteiger partial charge in [0.15, 0.2) is 0 Å². The Morgan fingerprint density at radius 2 is 1.95 bits per heavy atom. The van der Waals surface area contributed by atoms with Gasteiger partial charge in [0, 0.05) is 0 Å². The fourth-order valence-electron chi connectivity index (χ4n) is 1.69. The van der Waals surface area contributed by atoms with Gasteiger partial charge in [-0.25, -0.2) is 4.98 Å². The summed E-state index contributed by atoms with van der Waals surface area (Å²) in [5, 5.41) is 12.1. The van der Waals surface area contributed by atoms with Crippen molar-refractivity contribution >= 4 is 21.8 Å². The lowest BCUT2D eigenvalue weighted by molar-refractivity contribution is 0.0911. The van der Waals surface area contributed by atoms with E-state index in [1.165, 1.54) is 0 Å². The summed E-state index contributed by atoms with van der Waals surface area (Å²) in [5.41, 5.74) is 1.16. The van der Waals surface area contributed by atoms with Crippen LogP contribution in [0.15, 0.2) is 53.1 Å². The lowest BCUT2D eigenvalue weighted by Crippen LogP contribution is -2.31. The molecule has 1 aromatic carbocycles. The van der Waals surface area contributed by atoms with Crippen molar-refractivity contribution in [2.75, 3.05) is 6.61 Å². The van der Waals surface area contributed by atoms with Crippen LogP contribution < -0.4 is 5.32 Å². The minimum atomic E-state index is -0.436. The van der Waals surface area contributed by atoms with E-state index in [0.717, 1.165) is 5.56 Å². The maximum Gasteiger partial charge on any atom is 0.270 e. The molecule has 1 amide bonds. The summed E-state index contributed by atoms with van der Waals surface area (Å²) in [5.74, 6) is -0.316. The van der Waals surface area contributed by atoms with Gasteiger partial charge in [-0.2, -0.15) is 0 Å². The summed E-state index contributed by atoms with van der Waals surface area (Å²) >= 11 is 3.22. The van der Waals surface area contributed by atoms with Crippen molar-refractivity contribution in [3.05, 3.63) is 64.4 Å². The van der Waals surface area contributed by atoms with Crippen molar-refractivity contribution in [2.24, 2.45) is 0 Å². The maximum atomic E-state index is 12.0. The number of nitrogens with one attached hydrogen (secondary N) is 1. The third-order valence-corrected chi connectivity index (χ3v) is 3.08. The van der Waals surface area contributed by atoms with Crippen molar-refractivity contribution in [3.8, 4) is 0 Å². The average molecular weight is 321 g/mol. The SMILES string of the molecule is O=C(NC(CO)c1ccccc1)c1cccc(Br)n1. The molecule has 0 fully saturated rings. The molecule has 2 aromatic rings. The second kappa shape index (κ2) is 6.45. The fraction of sp³-hybridized carbons (Fsp3) is 0.143. The van der Waals surface area contributed by atoms with E-state index >= 15 is 0 Å². The molecule has 0 spiro atoms. The van der Waals surface area contributed by atoms with Crippen molar-refractivity contribution < 1.29 is 9.90 Å². The van der Waals surface area contributed by atoms with Crippen molar-refractivity contribution in [3.63, 3.8) is 0 Å². The van der Waals surface area contributed by atoms with Crippen LogP contribution in [0, 0.1) is 0 Å². The number of aliphatic hydroxyl groups is 1. The van der Waals surface area contributed by atoms with Crippen molar-refractivity contribution in [2.45, 2.75) is 6.04 Å². The van der Waals surface area contributed by atoms with Crippen LogP contribution in [0.1, 0.15) is 22.1 Å². The Kier molecular flexibility index (Phi) is 4.65. The lowest BCUT2D eigenvalue weighted by atomic mass is 10.1. The van der Waals surface area contributed by atoms with Crippen molar-refractivity contribution in [1.82, 2.24) is 10.3 Å². The standard InChI is InChI=1S/C14H13BrN2O2/c15-13-8-4-7-11(16-13)14(19)17-12(9-18)10-5-2-1-3-6-10/h1-8,12,18H,9H2,(H,17,19). The number of nitrogens with zero attached hydrogens (tertiary/aromatic N) is 1. The average Bonchev–Trinajstić information content (AvgIpc) is 2.45. The molecule has 19 heavy (non-hydrogen) atoms. The number of aromatic nitrogens is 1. The van der Waals surface area contributed by atoms with Crippen LogP contribution in [0.2, 0.25) is 0 Å². The number of hydrogen-bond acceptors (Lipinski definition) is 3. The Hall–Kier alpha value is -1.72. The number of carbonyl (C=O) groups excluding carboxylic acids is 1. The number of rotatable bonds is 4.